The van der Waals surface area contributed by atoms with Gasteiger partial charge in [0.05, 0.1) is 41.5 Å². The minimum absolute atomic E-state index is 0.0205. The van der Waals surface area contributed by atoms with E-state index in [4.69, 9.17) is 25.9 Å². The number of benzene rings is 1. The second kappa shape index (κ2) is 16.7. The standard InChI is InChI=1S/C40H50BrN7O8/c1-4-40(26-17-30-33-23(16-24-27(41)10-8-11-28(24)46-33)19-48(30)36(52)25(26)20-55-37(40)53)56-31(49)18-39(13-6-5-7-14-39)21-45-34(50)29(12-9-15-44-38(43)54)47-35(51)32(42)22(2)3/h8,10-11,16-17,22,29,32H,4-7,9,12-15,18-21,42H2,1-3H3,(H,45,50)(H,47,51)(H3,43,44,54)/t29-,32?,40-/m0/s1. The summed E-state index contributed by atoms with van der Waals surface area (Å²) in [4.78, 5) is 84.6. The van der Waals surface area contributed by atoms with Gasteiger partial charge in [-0.15, -0.1) is 0 Å². The largest absolute Gasteiger partial charge is 0.457 e. The second-order valence-electron chi connectivity index (χ2n) is 15.6. The molecule has 6 rings (SSSR count). The van der Waals surface area contributed by atoms with Gasteiger partial charge in [-0.1, -0.05) is 62.0 Å². The number of carbonyl (C=O) groups excluding carboxylic acids is 5. The van der Waals surface area contributed by atoms with Crippen molar-refractivity contribution in [3.63, 3.8) is 0 Å². The van der Waals surface area contributed by atoms with Crippen LogP contribution in [-0.4, -0.2) is 64.5 Å². The van der Waals surface area contributed by atoms with Gasteiger partial charge in [-0.2, -0.15) is 0 Å². The number of nitrogens with zero attached hydrogens (tertiary/aromatic N) is 2. The van der Waals surface area contributed by atoms with E-state index in [1.54, 1.807) is 31.4 Å². The Bertz CT molecular complexity index is 2110. The zero-order valence-electron chi connectivity index (χ0n) is 32.0. The van der Waals surface area contributed by atoms with Crippen molar-refractivity contribution >= 4 is 56.6 Å². The molecule has 300 valence electrons. The molecule has 3 aliphatic rings. The Morgan fingerprint density at radius 1 is 1.07 bits per heavy atom. The third kappa shape index (κ3) is 8.17. The predicted molar refractivity (Wildman–Crippen MR) is 211 cm³/mol. The zero-order chi connectivity index (χ0) is 40.4. The Kier molecular flexibility index (Phi) is 12.2. The van der Waals surface area contributed by atoms with Crippen LogP contribution in [0.25, 0.3) is 22.3 Å². The molecule has 3 aromatic rings. The van der Waals surface area contributed by atoms with Crippen molar-refractivity contribution in [3.8, 4) is 11.4 Å². The zero-order valence-corrected chi connectivity index (χ0v) is 33.6. The number of hydrogen-bond donors (Lipinski definition) is 5. The molecule has 15 nitrogen and oxygen atoms in total. The number of carbonyl (C=O) groups is 5. The van der Waals surface area contributed by atoms with Gasteiger partial charge >= 0.3 is 18.0 Å². The molecule has 1 aliphatic carbocycles. The summed E-state index contributed by atoms with van der Waals surface area (Å²) in [6.07, 6.45) is 4.29. The minimum Gasteiger partial charge on any atom is -0.457 e. The maximum Gasteiger partial charge on any atom is 0.355 e. The number of nitrogens with one attached hydrogen (secondary N) is 3. The van der Waals surface area contributed by atoms with Gasteiger partial charge in [0.25, 0.3) is 5.56 Å². The van der Waals surface area contributed by atoms with Crippen LogP contribution < -0.4 is 33.0 Å². The van der Waals surface area contributed by atoms with E-state index in [0.29, 0.717) is 42.8 Å². The summed E-state index contributed by atoms with van der Waals surface area (Å²) < 4.78 is 14.3. The van der Waals surface area contributed by atoms with Crippen molar-refractivity contribution in [3.05, 3.63) is 61.8 Å². The topological polar surface area (TPSA) is 227 Å². The van der Waals surface area contributed by atoms with Crippen molar-refractivity contribution in [1.29, 1.82) is 0 Å². The highest BCUT2D eigenvalue weighted by Gasteiger charge is 2.51. The van der Waals surface area contributed by atoms with Crippen LogP contribution >= 0.6 is 15.9 Å². The molecule has 1 unspecified atom stereocenters. The van der Waals surface area contributed by atoms with Crippen molar-refractivity contribution in [2.75, 3.05) is 13.1 Å². The number of primary amides is 1. The van der Waals surface area contributed by atoms with E-state index in [1.165, 1.54) is 0 Å². The van der Waals surface area contributed by atoms with Crippen molar-refractivity contribution < 1.29 is 33.4 Å². The van der Waals surface area contributed by atoms with Gasteiger partial charge in [0, 0.05) is 34.1 Å². The minimum atomic E-state index is -1.87. The summed E-state index contributed by atoms with van der Waals surface area (Å²) in [6, 6.07) is 6.97. The number of aromatic nitrogens is 2. The van der Waals surface area contributed by atoms with Gasteiger partial charge in [-0.3, -0.25) is 19.2 Å². The molecule has 0 saturated heterocycles. The highest BCUT2D eigenvalue weighted by Crippen LogP contribution is 2.44. The molecule has 4 amide bonds. The molecule has 56 heavy (non-hydrogen) atoms. The molecule has 1 fully saturated rings. The van der Waals surface area contributed by atoms with Crippen LogP contribution in [0.3, 0.4) is 0 Å². The van der Waals surface area contributed by atoms with Crippen LogP contribution in [0.4, 0.5) is 4.79 Å². The second-order valence-corrected chi connectivity index (χ2v) is 16.4. The van der Waals surface area contributed by atoms with Crippen LogP contribution in [0.2, 0.25) is 0 Å². The fourth-order valence-electron chi connectivity index (χ4n) is 8.13. The molecule has 0 radical (unpaired) electrons. The van der Waals surface area contributed by atoms with Gasteiger partial charge < -0.3 is 41.5 Å². The van der Waals surface area contributed by atoms with E-state index in [1.807, 2.05) is 24.3 Å². The van der Waals surface area contributed by atoms with E-state index in [0.717, 1.165) is 40.2 Å². The Labute approximate surface area is 333 Å². The first-order valence-corrected chi connectivity index (χ1v) is 20.1. The van der Waals surface area contributed by atoms with Crippen LogP contribution in [0.5, 0.6) is 0 Å². The molecule has 4 heterocycles. The molecule has 0 spiro atoms. The summed E-state index contributed by atoms with van der Waals surface area (Å²) in [7, 11) is 0. The van der Waals surface area contributed by atoms with Gasteiger partial charge in [0.2, 0.25) is 17.4 Å². The third-order valence-corrected chi connectivity index (χ3v) is 12.1. The van der Waals surface area contributed by atoms with Crippen molar-refractivity contribution in [2.45, 2.75) is 109 Å². The molecule has 1 aromatic carbocycles. The molecule has 3 atom stereocenters. The Balaban J connectivity index is 1.24. The van der Waals surface area contributed by atoms with Gasteiger partial charge in [-0.05, 0) is 67.7 Å². The predicted octanol–water partition coefficient (Wildman–Crippen LogP) is 3.77. The summed E-state index contributed by atoms with van der Waals surface area (Å²) in [5, 5.41) is 9.12. The van der Waals surface area contributed by atoms with Crippen LogP contribution in [0.15, 0.2) is 39.6 Å². The number of fused-ring (bicyclic) bond motifs is 5. The average Bonchev–Trinajstić information content (AvgIpc) is 3.53. The molecular formula is C40H50BrN7O8. The first-order valence-electron chi connectivity index (χ1n) is 19.3. The lowest BCUT2D eigenvalue weighted by atomic mass is 9.71. The Morgan fingerprint density at radius 3 is 2.52 bits per heavy atom. The number of rotatable bonds is 14. The van der Waals surface area contributed by atoms with Gasteiger partial charge in [0.1, 0.15) is 12.6 Å². The highest BCUT2D eigenvalue weighted by molar-refractivity contribution is 9.10. The Morgan fingerprint density at radius 2 is 1.82 bits per heavy atom. The molecule has 2 aromatic heterocycles. The van der Waals surface area contributed by atoms with Crippen LogP contribution in [0.1, 0.15) is 95.2 Å². The normalized spacial score (nSPS) is 19.2. The molecule has 7 N–H and O–H groups in total. The van der Waals surface area contributed by atoms with E-state index >= 15 is 0 Å². The quantitative estimate of drug-likeness (QED) is 0.0913. The smallest absolute Gasteiger partial charge is 0.355 e. The number of halogens is 1. The fourth-order valence-corrected chi connectivity index (χ4v) is 8.60. The third-order valence-electron chi connectivity index (χ3n) is 11.4. The number of pyridine rings is 2. The lowest BCUT2D eigenvalue weighted by Gasteiger charge is -2.39. The summed E-state index contributed by atoms with van der Waals surface area (Å²) in [5.74, 6) is -2.51. The number of esters is 2. The lowest BCUT2D eigenvalue weighted by Crippen LogP contribution is -2.54. The first kappa shape index (κ1) is 40.8. The molecule has 2 aliphatic heterocycles. The lowest BCUT2D eigenvalue weighted by molar-refractivity contribution is -0.191. The maximum atomic E-state index is 14.1. The highest BCUT2D eigenvalue weighted by atomic mass is 79.9. The average molecular weight is 837 g/mol. The van der Waals surface area contributed by atoms with E-state index in [9.17, 15) is 28.8 Å². The number of amides is 4. The summed E-state index contributed by atoms with van der Waals surface area (Å²) in [6.45, 7) is 5.68. The number of hydrogen-bond acceptors (Lipinski definition) is 10. The van der Waals surface area contributed by atoms with Gasteiger partial charge in [0.15, 0.2) is 0 Å². The van der Waals surface area contributed by atoms with E-state index in [2.05, 4.69) is 31.9 Å². The van der Waals surface area contributed by atoms with E-state index < -0.39 is 52.9 Å². The summed E-state index contributed by atoms with van der Waals surface area (Å²) in [5.41, 5.74) is 11.6. The number of nitrogens with two attached hydrogens (primary N) is 2. The van der Waals surface area contributed by atoms with Gasteiger partial charge in [-0.25, -0.2) is 14.6 Å². The van der Waals surface area contributed by atoms with Crippen LogP contribution in [0, 0.1) is 11.3 Å². The molecule has 0 bridgehead atoms. The molecule has 1 saturated carbocycles. The van der Waals surface area contributed by atoms with Crippen LogP contribution in [-0.2, 0) is 47.4 Å². The van der Waals surface area contributed by atoms with Crippen molar-refractivity contribution in [1.82, 2.24) is 25.5 Å². The number of cyclic esters (lactones) is 1. The monoisotopic (exact) mass is 835 g/mol. The van der Waals surface area contributed by atoms with E-state index in [-0.39, 0.29) is 56.0 Å². The number of urea groups is 1. The first-order chi connectivity index (χ1) is 26.7. The molecule has 16 heteroatoms. The molecular weight excluding hydrogens is 786 g/mol. The Hall–Kier alpha value is -4.83. The fraction of sp³-hybridized carbons (Fsp3) is 0.525. The van der Waals surface area contributed by atoms with Crippen molar-refractivity contribution in [2.24, 2.45) is 22.8 Å². The number of ether oxygens (including phenoxy) is 2. The maximum absolute atomic E-state index is 14.1. The SMILES string of the molecule is CC[C@@]1(OC(=O)CC2(CNC(=O)[C@H](CCCNC(N)=O)NC(=O)C(N)C(C)C)CCCCC2)C(=O)OCc2c1cc1n(c2=O)Cc2cc3c(Br)cccc3nc2-1. The summed E-state index contributed by atoms with van der Waals surface area (Å²) >= 11 is 3.59.